The summed E-state index contributed by atoms with van der Waals surface area (Å²) in [4.78, 5) is 4.98. The predicted molar refractivity (Wildman–Crippen MR) is 116 cm³/mol. The quantitative estimate of drug-likeness (QED) is 0.589. The molecule has 1 aromatic heterocycles. The summed E-state index contributed by atoms with van der Waals surface area (Å²) in [6.07, 6.45) is 0. The molecule has 0 amide bonds. The standard InChI is InChI=1S/C23H27ClN4O/c1-17(21-25-26-22(29-21)19-10-7-11-20(24)14-19)27-12-13-28(23(2,3)16-27)15-18-8-5-4-6-9-18/h4-11,14,17H,12-13,15-16H2,1-3H3. The molecule has 2 heterocycles. The van der Waals surface area contributed by atoms with Crippen molar-refractivity contribution in [1.82, 2.24) is 20.0 Å². The monoisotopic (exact) mass is 410 g/mol. The molecule has 0 N–H and O–H groups in total. The van der Waals surface area contributed by atoms with Gasteiger partial charge >= 0.3 is 0 Å². The Balaban J connectivity index is 1.45. The normalized spacial score (nSPS) is 18.6. The number of hydrogen-bond donors (Lipinski definition) is 0. The van der Waals surface area contributed by atoms with Crippen molar-refractivity contribution < 1.29 is 4.42 Å². The number of benzene rings is 2. The average Bonchev–Trinajstić information content (AvgIpc) is 3.20. The Morgan fingerprint density at radius 2 is 1.86 bits per heavy atom. The topological polar surface area (TPSA) is 45.4 Å². The molecular weight excluding hydrogens is 384 g/mol. The first-order valence-corrected chi connectivity index (χ1v) is 10.4. The van der Waals surface area contributed by atoms with Gasteiger partial charge in [-0.3, -0.25) is 9.80 Å². The molecule has 3 aromatic rings. The number of hydrogen-bond acceptors (Lipinski definition) is 5. The molecule has 0 aliphatic carbocycles. The molecule has 0 spiro atoms. The van der Waals surface area contributed by atoms with Gasteiger partial charge in [-0.2, -0.15) is 0 Å². The molecule has 0 bridgehead atoms. The zero-order valence-electron chi connectivity index (χ0n) is 17.2. The van der Waals surface area contributed by atoms with E-state index in [9.17, 15) is 0 Å². The Morgan fingerprint density at radius 3 is 2.59 bits per heavy atom. The van der Waals surface area contributed by atoms with Crippen LogP contribution in [0.2, 0.25) is 5.02 Å². The van der Waals surface area contributed by atoms with E-state index in [0.29, 0.717) is 16.8 Å². The molecule has 1 unspecified atom stereocenters. The van der Waals surface area contributed by atoms with Crippen LogP contribution in [0.5, 0.6) is 0 Å². The fourth-order valence-corrected chi connectivity index (χ4v) is 4.14. The number of aromatic nitrogens is 2. The summed E-state index contributed by atoms with van der Waals surface area (Å²) >= 11 is 6.09. The maximum absolute atomic E-state index is 6.09. The highest BCUT2D eigenvalue weighted by molar-refractivity contribution is 6.30. The Kier molecular flexibility index (Phi) is 5.72. The van der Waals surface area contributed by atoms with Crippen LogP contribution >= 0.6 is 11.6 Å². The van der Waals surface area contributed by atoms with Crippen molar-refractivity contribution in [3.8, 4) is 11.5 Å². The van der Waals surface area contributed by atoms with E-state index >= 15 is 0 Å². The summed E-state index contributed by atoms with van der Waals surface area (Å²) in [7, 11) is 0. The third-order valence-corrected chi connectivity index (χ3v) is 5.97. The largest absolute Gasteiger partial charge is 0.419 e. The van der Waals surface area contributed by atoms with Crippen LogP contribution in [-0.2, 0) is 6.54 Å². The Bertz CT molecular complexity index is 956. The highest BCUT2D eigenvalue weighted by Crippen LogP contribution is 2.30. The van der Waals surface area contributed by atoms with Crippen molar-refractivity contribution in [3.05, 3.63) is 71.1 Å². The fourth-order valence-electron chi connectivity index (χ4n) is 3.95. The third-order valence-electron chi connectivity index (χ3n) is 5.74. The molecule has 29 heavy (non-hydrogen) atoms. The number of piperazine rings is 1. The molecule has 1 aliphatic heterocycles. The van der Waals surface area contributed by atoms with Gasteiger partial charge in [0.25, 0.3) is 0 Å². The number of nitrogens with zero attached hydrogens (tertiary/aromatic N) is 4. The van der Waals surface area contributed by atoms with Crippen LogP contribution in [0, 0.1) is 0 Å². The van der Waals surface area contributed by atoms with Gasteiger partial charge in [-0.25, -0.2) is 0 Å². The summed E-state index contributed by atoms with van der Waals surface area (Å²) in [5.41, 5.74) is 2.25. The molecule has 152 valence electrons. The zero-order chi connectivity index (χ0) is 20.4. The van der Waals surface area contributed by atoms with E-state index in [-0.39, 0.29) is 11.6 Å². The van der Waals surface area contributed by atoms with Crippen molar-refractivity contribution >= 4 is 11.6 Å². The van der Waals surface area contributed by atoms with E-state index in [1.54, 1.807) is 0 Å². The van der Waals surface area contributed by atoms with E-state index in [2.05, 4.69) is 71.1 Å². The molecule has 1 atom stereocenters. The smallest absolute Gasteiger partial charge is 0.247 e. The zero-order valence-corrected chi connectivity index (χ0v) is 17.9. The van der Waals surface area contributed by atoms with E-state index in [4.69, 9.17) is 16.0 Å². The van der Waals surface area contributed by atoms with Crippen LogP contribution in [0.1, 0.15) is 38.3 Å². The Labute approximate surface area is 177 Å². The lowest BCUT2D eigenvalue weighted by molar-refractivity contribution is -0.00728. The van der Waals surface area contributed by atoms with Crippen molar-refractivity contribution in [2.45, 2.75) is 38.9 Å². The van der Waals surface area contributed by atoms with Crippen molar-refractivity contribution in [3.63, 3.8) is 0 Å². The summed E-state index contributed by atoms with van der Waals surface area (Å²) in [5, 5.41) is 9.21. The SMILES string of the molecule is CC(c1nnc(-c2cccc(Cl)c2)o1)N1CCN(Cc2ccccc2)C(C)(C)C1. The average molecular weight is 411 g/mol. The molecular formula is C23H27ClN4O. The highest BCUT2D eigenvalue weighted by Gasteiger charge is 2.36. The van der Waals surface area contributed by atoms with Crippen LogP contribution < -0.4 is 0 Å². The number of halogens is 1. The Morgan fingerprint density at radius 1 is 1.07 bits per heavy atom. The van der Waals surface area contributed by atoms with Crippen molar-refractivity contribution in [1.29, 1.82) is 0 Å². The lowest BCUT2D eigenvalue weighted by Crippen LogP contribution is -2.59. The molecule has 0 radical (unpaired) electrons. The first kappa shape index (κ1) is 20.1. The third kappa shape index (κ3) is 4.53. The molecule has 1 saturated heterocycles. The summed E-state index contributed by atoms with van der Waals surface area (Å²) in [5.74, 6) is 1.16. The van der Waals surface area contributed by atoms with Crippen LogP contribution in [0.15, 0.2) is 59.0 Å². The van der Waals surface area contributed by atoms with Gasteiger partial charge < -0.3 is 4.42 Å². The predicted octanol–water partition coefficient (Wildman–Crippen LogP) is 5.05. The lowest BCUT2D eigenvalue weighted by atomic mass is 9.96. The second-order valence-corrected chi connectivity index (χ2v) is 8.76. The van der Waals surface area contributed by atoms with Gasteiger partial charge in [0.2, 0.25) is 11.8 Å². The van der Waals surface area contributed by atoms with Gasteiger partial charge in [-0.1, -0.05) is 48.0 Å². The van der Waals surface area contributed by atoms with Crippen molar-refractivity contribution in [2.24, 2.45) is 0 Å². The van der Waals surface area contributed by atoms with Crippen LogP contribution in [0.3, 0.4) is 0 Å². The molecule has 6 heteroatoms. The summed E-state index contributed by atoms with van der Waals surface area (Å²) in [6.45, 7) is 10.6. The highest BCUT2D eigenvalue weighted by atomic mass is 35.5. The molecule has 0 saturated carbocycles. The summed E-state index contributed by atoms with van der Waals surface area (Å²) < 4.78 is 5.99. The summed E-state index contributed by atoms with van der Waals surface area (Å²) in [6, 6.07) is 18.2. The van der Waals surface area contributed by atoms with Gasteiger partial charge in [0, 0.05) is 42.3 Å². The molecule has 1 aliphatic rings. The molecule has 4 rings (SSSR count). The van der Waals surface area contributed by atoms with Gasteiger partial charge in [0.15, 0.2) is 0 Å². The number of rotatable bonds is 5. The Hall–Kier alpha value is -2.21. The first-order valence-electron chi connectivity index (χ1n) is 10.0. The van der Waals surface area contributed by atoms with Gasteiger partial charge in [0.1, 0.15) is 0 Å². The minimum Gasteiger partial charge on any atom is -0.419 e. The van der Waals surface area contributed by atoms with Crippen LogP contribution in [0.4, 0.5) is 0 Å². The maximum atomic E-state index is 6.09. The van der Waals surface area contributed by atoms with E-state index in [0.717, 1.165) is 31.7 Å². The van der Waals surface area contributed by atoms with E-state index in [1.807, 2.05) is 24.3 Å². The van der Waals surface area contributed by atoms with Crippen molar-refractivity contribution in [2.75, 3.05) is 19.6 Å². The molecule has 5 nitrogen and oxygen atoms in total. The first-order chi connectivity index (χ1) is 13.9. The lowest BCUT2D eigenvalue weighted by Gasteiger charge is -2.48. The van der Waals surface area contributed by atoms with E-state index < -0.39 is 0 Å². The van der Waals surface area contributed by atoms with Crippen LogP contribution in [-0.4, -0.2) is 45.2 Å². The van der Waals surface area contributed by atoms with Gasteiger partial charge in [-0.15, -0.1) is 10.2 Å². The fraction of sp³-hybridized carbons (Fsp3) is 0.391. The molecule has 1 fully saturated rings. The second kappa shape index (κ2) is 8.27. The maximum Gasteiger partial charge on any atom is 0.247 e. The van der Waals surface area contributed by atoms with Gasteiger partial charge in [-0.05, 0) is 44.5 Å². The minimum absolute atomic E-state index is 0.0537. The molecule has 2 aromatic carbocycles. The van der Waals surface area contributed by atoms with Crippen LogP contribution in [0.25, 0.3) is 11.5 Å². The van der Waals surface area contributed by atoms with E-state index in [1.165, 1.54) is 5.56 Å². The minimum atomic E-state index is 0.0537. The second-order valence-electron chi connectivity index (χ2n) is 8.32. The van der Waals surface area contributed by atoms with Gasteiger partial charge in [0.05, 0.1) is 6.04 Å².